The maximum atomic E-state index is 5.93. The van der Waals surface area contributed by atoms with Gasteiger partial charge in [-0.2, -0.15) is 0 Å². The number of aryl methyl sites for hydroxylation is 3. The predicted molar refractivity (Wildman–Crippen MR) is 80.3 cm³/mol. The molecule has 0 aliphatic heterocycles. The molecule has 3 nitrogen and oxygen atoms in total. The monoisotopic (exact) mass is 264 g/mol. The molecule has 3 rings (SSSR count). The van der Waals surface area contributed by atoms with Crippen molar-refractivity contribution in [1.29, 1.82) is 0 Å². The van der Waals surface area contributed by atoms with Gasteiger partial charge in [-0.15, -0.1) is 0 Å². The summed E-state index contributed by atoms with van der Waals surface area (Å²) in [6.07, 6.45) is 1.67. The second kappa shape index (κ2) is 4.93. The summed E-state index contributed by atoms with van der Waals surface area (Å²) in [6.45, 7) is 6.17. The normalized spacial score (nSPS) is 10.8. The fourth-order valence-electron chi connectivity index (χ4n) is 2.42. The fraction of sp³-hybridized carbons (Fsp3) is 0.176. The van der Waals surface area contributed by atoms with Gasteiger partial charge in [0.1, 0.15) is 5.75 Å². The van der Waals surface area contributed by atoms with E-state index in [1.807, 2.05) is 38.1 Å². The van der Waals surface area contributed by atoms with Crippen LogP contribution in [-0.4, -0.2) is 9.97 Å². The van der Waals surface area contributed by atoms with E-state index < -0.39 is 0 Å². The van der Waals surface area contributed by atoms with Gasteiger partial charge in [-0.25, -0.2) is 9.97 Å². The van der Waals surface area contributed by atoms with Crippen LogP contribution in [0.2, 0.25) is 0 Å². The number of hydrogen-bond donors (Lipinski definition) is 0. The van der Waals surface area contributed by atoms with Crippen LogP contribution in [0, 0.1) is 20.8 Å². The van der Waals surface area contributed by atoms with Gasteiger partial charge in [-0.05, 0) is 44.0 Å². The molecular weight excluding hydrogens is 248 g/mol. The zero-order chi connectivity index (χ0) is 14.1. The van der Waals surface area contributed by atoms with Crippen molar-refractivity contribution in [3.8, 4) is 11.6 Å². The van der Waals surface area contributed by atoms with E-state index in [1.54, 1.807) is 6.20 Å². The Bertz CT molecular complexity index is 758. The van der Waals surface area contributed by atoms with Crippen LogP contribution in [0.4, 0.5) is 0 Å². The molecule has 0 radical (unpaired) electrons. The molecular formula is C17H16N2O. The summed E-state index contributed by atoms with van der Waals surface area (Å²) in [4.78, 5) is 8.86. The van der Waals surface area contributed by atoms with Crippen molar-refractivity contribution in [2.24, 2.45) is 0 Å². The van der Waals surface area contributed by atoms with Gasteiger partial charge in [0.25, 0.3) is 0 Å². The Kier molecular flexibility index (Phi) is 3.11. The third-order valence-corrected chi connectivity index (χ3v) is 3.24. The molecule has 0 N–H and O–H groups in total. The highest BCUT2D eigenvalue weighted by molar-refractivity contribution is 5.74. The molecule has 0 aliphatic carbocycles. The zero-order valence-corrected chi connectivity index (χ0v) is 11.8. The molecule has 3 aromatic rings. The summed E-state index contributed by atoms with van der Waals surface area (Å²) in [7, 11) is 0. The van der Waals surface area contributed by atoms with Crippen LogP contribution in [-0.2, 0) is 0 Å². The van der Waals surface area contributed by atoms with Crippen molar-refractivity contribution >= 4 is 11.0 Å². The molecule has 0 amide bonds. The average molecular weight is 264 g/mol. The molecule has 0 saturated carbocycles. The highest BCUT2D eigenvalue weighted by Gasteiger charge is 2.08. The van der Waals surface area contributed by atoms with Crippen LogP contribution in [0.3, 0.4) is 0 Å². The molecule has 0 bridgehead atoms. The Labute approximate surface area is 118 Å². The predicted octanol–water partition coefficient (Wildman–Crippen LogP) is 4.35. The molecule has 100 valence electrons. The van der Waals surface area contributed by atoms with Crippen LogP contribution >= 0.6 is 0 Å². The lowest BCUT2D eigenvalue weighted by Crippen LogP contribution is -1.95. The third kappa shape index (κ3) is 2.35. The molecule has 0 unspecified atom stereocenters. The second-order valence-electron chi connectivity index (χ2n) is 5.03. The smallest absolute Gasteiger partial charge is 0.238 e. The quantitative estimate of drug-likeness (QED) is 0.690. The van der Waals surface area contributed by atoms with Gasteiger partial charge in [-0.3, -0.25) is 0 Å². The molecule has 1 aromatic heterocycles. The SMILES string of the molecule is Cc1cc(C)c(Oc2cnc3ccccc3n2)c(C)c1. The molecule has 0 fully saturated rings. The lowest BCUT2D eigenvalue weighted by Gasteiger charge is -2.12. The highest BCUT2D eigenvalue weighted by atomic mass is 16.5. The minimum absolute atomic E-state index is 0.527. The highest BCUT2D eigenvalue weighted by Crippen LogP contribution is 2.29. The van der Waals surface area contributed by atoms with E-state index in [1.165, 1.54) is 5.56 Å². The maximum Gasteiger partial charge on any atom is 0.238 e. The lowest BCUT2D eigenvalue weighted by atomic mass is 10.1. The summed E-state index contributed by atoms with van der Waals surface area (Å²) in [6, 6.07) is 12.0. The number of ether oxygens (including phenoxy) is 1. The molecule has 2 aromatic carbocycles. The number of para-hydroxylation sites is 2. The van der Waals surface area contributed by atoms with Crippen LogP contribution in [0.15, 0.2) is 42.6 Å². The first-order valence-electron chi connectivity index (χ1n) is 6.61. The molecule has 20 heavy (non-hydrogen) atoms. The van der Waals surface area contributed by atoms with Gasteiger partial charge in [-0.1, -0.05) is 29.8 Å². The number of aromatic nitrogens is 2. The molecule has 0 spiro atoms. The van der Waals surface area contributed by atoms with Gasteiger partial charge in [0, 0.05) is 0 Å². The van der Waals surface area contributed by atoms with E-state index in [4.69, 9.17) is 4.74 Å². The Hall–Kier alpha value is -2.42. The summed E-state index contributed by atoms with van der Waals surface area (Å²) >= 11 is 0. The van der Waals surface area contributed by atoms with Gasteiger partial charge in [0.05, 0.1) is 17.2 Å². The second-order valence-corrected chi connectivity index (χ2v) is 5.03. The number of benzene rings is 2. The first kappa shape index (κ1) is 12.6. The molecule has 0 aliphatic rings. The van der Waals surface area contributed by atoms with E-state index in [-0.39, 0.29) is 0 Å². The van der Waals surface area contributed by atoms with Gasteiger partial charge in [0.15, 0.2) is 0 Å². The van der Waals surface area contributed by atoms with Gasteiger partial charge < -0.3 is 4.74 Å². The van der Waals surface area contributed by atoms with E-state index in [2.05, 4.69) is 29.0 Å². The Balaban J connectivity index is 2.01. The van der Waals surface area contributed by atoms with Crippen molar-refractivity contribution in [2.75, 3.05) is 0 Å². The van der Waals surface area contributed by atoms with Crippen LogP contribution < -0.4 is 4.74 Å². The molecule has 0 atom stereocenters. The van der Waals surface area contributed by atoms with E-state index in [0.29, 0.717) is 5.88 Å². The van der Waals surface area contributed by atoms with Crippen molar-refractivity contribution in [2.45, 2.75) is 20.8 Å². The van der Waals surface area contributed by atoms with Crippen molar-refractivity contribution < 1.29 is 4.74 Å². The molecule has 3 heteroatoms. The first-order valence-corrected chi connectivity index (χ1v) is 6.61. The Morgan fingerprint density at radius 1 is 0.900 bits per heavy atom. The fourth-order valence-corrected chi connectivity index (χ4v) is 2.42. The lowest BCUT2D eigenvalue weighted by molar-refractivity contribution is 0.455. The number of rotatable bonds is 2. The van der Waals surface area contributed by atoms with E-state index in [9.17, 15) is 0 Å². The maximum absolute atomic E-state index is 5.93. The van der Waals surface area contributed by atoms with Crippen molar-refractivity contribution in [1.82, 2.24) is 9.97 Å². The summed E-state index contributed by atoms with van der Waals surface area (Å²) < 4.78 is 5.93. The van der Waals surface area contributed by atoms with Crippen molar-refractivity contribution in [3.05, 3.63) is 59.3 Å². The zero-order valence-electron chi connectivity index (χ0n) is 11.8. The molecule has 0 saturated heterocycles. The van der Waals surface area contributed by atoms with Crippen LogP contribution in [0.5, 0.6) is 11.6 Å². The Morgan fingerprint density at radius 3 is 2.25 bits per heavy atom. The van der Waals surface area contributed by atoms with E-state index in [0.717, 1.165) is 27.9 Å². The summed E-state index contributed by atoms with van der Waals surface area (Å²) in [5.41, 5.74) is 5.16. The average Bonchev–Trinajstić information content (AvgIpc) is 2.42. The standard InChI is InChI=1S/C17H16N2O/c1-11-8-12(2)17(13(3)9-11)20-16-10-18-14-6-4-5-7-15(14)19-16/h4-10H,1-3H3. The summed E-state index contributed by atoms with van der Waals surface area (Å²) in [5, 5.41) is 0. The Morgan fingerprint density at radius 2 is 1.55 bits per heavy atom. The minimum atomic E-state index is 0.527. The van der Waals surface area contributed by atoms with Gasteiger partial charge >= 0.3 is 0 Å². The number of fused-ring (bicyclic) bond motifs is 1. The van der Waals surface area contributed by atoms with Crippen molar-refractivity contribution in [3.63, 3.8) is 0 Å². The number of nitrogens with zero attached hydrogens (tertiary/aromatic N) is 2. The largest absolute Gasteiger partial charge is 0.437 e. The first-order chi connectivity index (χ1) is 9.63. The van der Waals surface area contributed by atoms with Crippen LogP contribution in [0.1, 0.15) is 16.7 Å². The number of hydrogen-bond acceptors (Lipinski definition) is 3. The minimum Gasteiger partial charge on any atom is -0.437 e. The summed E-state index contributed by atoms with van der Waals surface area (Å²) in [5.74, 6) is 1.39. The van der Waals surface area contributed by atoms with Gasteiger partial charge in [0.2, 0.25) is 5.88 Å². The van der Waals surface area contributed by atoms with E-state index >= 15 is 0 Å². The molecule has 1 heterocycles. The van der Waals surface area contributed by atoms with Crippen LogP contribution in [0.25, 0.3) is 11.0 Å². The third-order valence-electron chi connectivity index (χ3n) is 3.24. The topological polar surface area (TPSA) is 35.0 Å².